The largest absolute Gasteiger partial charge is 0.490 e. The Kier molecular flexibility index (Phi) is 5.27. The second-order valence-corrected chi connectivity index (χ2v) is 8.95. The molecule has 0 bridgehead atoms. The number of ether oxygens (including phenoxy) is 1. The molecule has 2 aliphatic heterocycles. The third-order valence-corrected chi connectivity index (χ3v) is 6.25. The monoisotopic (exact) mass is 362 g/mol. The maximum Gasteiger partial charge on any atom is 0.246 e. The van der Waals surface area contributed by atoms with Gasteiger partial charge in [0.15, 0.2) is 0 Å². The average Bonchev–Trinajstić information content (AvgIpc) is 2.59. The highest BCUT2D eigenvalue weighted by Crippen LogP contribution is 2.30. The molecule has 0 aromatic heterocycles. The molecule has 0 aliphatic carbocycles. The molecule has 6 heteroatoms. The Morgan fingerprint density at radius 1 is 1.24 bits per heavy atom. The van der Waals surface area contributed by atoms with Crippen molar-refractivity contribution < 1.29 is 14.3 Å². The third kappa shape index (κ3) is 4.29. The van der Waals surface area contributed by atoms with Crippen LogP contribution in [0.5, 0.6) is 5.75 Å². The van der Waals surface area contributed by atoms with Crippen LogP contribution in [-0.2, 0) is 9.59 Å². The van der Waals surface area contributed by atoms with E-state index in [1.165, 1.54) is 5.56 Å². The van der Waals surface area contributed by atoms with Crippen LogP contribution in [0.25, 0.3) is 0 Å². The normalized spacial score (nSPS) is 23.9. The molecule has 5 nitrogen and oxygen atoms in total. The standard InChI is InChI=1S/C19H26N2O3S/c1-13-4-6-14(7-5-13)24-15-8-10-21(11-9-15)17(22)16-12-25-19(2,3)18(23)20-16/h4-7,15-16H,8-12H2,1-3H3,(H,20,23). The number of nitrogens with one attached hydrogen (secondary N) is 1. The molecule has 2 amide bonds. The molecule has 2 heterocycles. The van der Waals surface area contributed by atoms with Crippen molar-refractivity contribution in [2.75, 3.05) is 18.8 Å². The molecule has 0 radical (unpaired) electrons. The number of amides is 2. The first-order valence-corrected chi connectivity index (χ1v) is 9.81. The number of likely N-dealkylation sites (tertiary alicyclic amines) is 1. The van der Waals surface area contributed by atoms with Gasteiger partial charge in [0.1, 0.15) is 17.9 Å². The lowest BCUT2D eigenvalue weighted by atomic mass is 10.1. The summed E-state index contributed by atoms with van der Waals surface area (Å²) >= 11 is 1.55. The first-order chi connectivity index (χ1) is 11.8. The number of piperidine rings is 1. The second-order valence-electron chi connectivity index (χ2n) is 7.30. The number of carbonyl (C=O) groups excluding carboxylic acids is 2. The molecule has 1 atom stereocenters. The predicted octanol–water partition coefficient (Wildman–Crippen LogP) is 2.38. The molecule has 2 saturated heterocycles. The van der Waals surface area contributed by atoms with E-state index >= 15 is 0 Å². The van der Waals surface area contributed by atoms with Gasteiger partial charge in [-0.25, -0.2) is 0 Å². The quantitative estimate of drug-likeness (QED) is 0.897. The van der Waals surface area contributed by atoms with Crippen molar-refractivity contribution in [1.29, 1.82) is 0 Å². The lowest BCUT2D eigenvalue weighted by Crippen LogP contribution is -2.58. The minimum Gasteiger partial charge on any atom is -0.490 e. The van der Waals surface area contributed by atoms with E-state index in [0.29, 0.717) is 18.8 Å². The van der Waals surface area contributed by atoms with Crippen molar-refractivity contribution in [2.45, 2.75) is 50.5 Å². The fourth-order valence-electron chi connectivity index (χ4n) is 3.09. The van der Waals surface area contributed by atoms with Gasteiger partial charge in [0.2, 0.25) is 11.8 Å². The van der Waals surface area contributed by atoms with E-state index < -0.39 is 10.8 Å². The highest BCUT2D eigenvalue weighted by molar-refractivity contribution is 8.01. The number of hydrogen-bond donors (Lipinski definition) is 1. The summed E-state index contributed by atoms with van der Waals surface area (Å²) in [5.41, 5.74) is 1.21. The summed E-state index contributed by atoms with van der Waals surface area (Å²) in [6.07, 6.45) is 1.78. The van der Waals surface area contributed by atoms with E-state index in [1.54, 1.807) is 11.8 Å². The molecule has 2 aliphatic rings. The van der Waals surface area contributed by atoms with Crippen LogP contribution in [0, 0.1) is 6.92 Å². The first kappa shape index (κ1) is 18.1. The summed E-state index contributed by atoms with van der Waals surface area (Å²) in [5.74, 6) is 1.50. The van der Waals surface area contributed by atoms with Gasteiger partial charge in [-0.3, -0.25) is 9.59 Å². The Labute approximate surface area is 153 Å². The molecule has 2 fully saturated rings. The zero-order valence-electron chi connectivity index (χ0n) is 15.1. The Morgan fingerprint density at radius 3 is 2.48 bits per heavy atom. The number of rotatable bonds is 3. The smallest absolute Gasteiger partial charge is 0.246 e. The van der Waals surface area contributed by atoms with Crippen molar-refractivity contribution in [3.05, 3.63) is 29.8 Å². The minimum absolute atomic E-state index is 0.0325. The van der Waals surface area contributed by atoms with E-state index in [0.717, 1.165) is 18.6 Å². The van der Waals surface area contributed by atoms with Gasteiger partial charge < -0.3 is 15.0 Å². The van der Waals surface area contributed by atoms with Crippen LogP contribution < -0.4 is 10.1 Å². The molecule has 0 saturated carbocycles. The molecule has 1 aromatic carbocycles. The Morgan fingerprint density at radius 2 is 1.88 bits per heavy atom. The van der Waals surface area contributed by atoms with E-state index in [4.69, 9.17) is 4.74 Å². The van der Waals surface area contributed by atoms with Crippen LogP contribution in [0.2, 0.25) is 0 Å². The summed E-state index contributed by atoms with van der Waals surface area (Å²) < 4.78 is 5.56. The van der Waals surface area contributed by atoms with Crippen molar-refractivity contribution in [3.8, 4) is 5.75 Å². The van der Waals surface area contributed by atoms with Gasteiger partial charge >= 0.3 is 0 Å². The average molecular weight is 362 g/mol. The zero-order chi connectivity index (χ0) is 18.0. The van der Waals surface area contributed by atoms with Crippen molar-refractivity contribution in [3.63, 3.8) is 0 Å². The van der Waals surface area contributed by atoms with Crippen LogP contribution >= 0.6 is 11.8 Å². The van der Waals surface area contributed by atoms with Gasteiger partial charge in [0.25, 0.3) is 0 Å². The van der Waals surface area contributed by atoms with Crippen LogP contribution in [0.4, 0.5) is 0 Å². The van der Waals surface area contributed by atoms with Gasteiger partial charge in [-0.1, -0.05) is 17.7 Å². The fourth-order valence-corrected chi connectivity index (χ4v) is 4.09. The topological polar surface area (TPSA) is 58.6 Å². The summed E-state index contributed by atoms with van der Waals surface area (Å²) in [7, 11) is 0. The predicted molar refractivity (Wildman–Crippen MR) is 99.9 cm³/mol. The Bertz CT molecular complexity index is 637. The van der Waals surface area contributed by atoms with E-state index in [1.807, 2.05) is 43.0 Å². The first-order valence-electron chi connectivity index (χ1n) is 8.82. The van der Waals surface area contributed by atoms with Crippen LogP contribution in [0.1, 0.15) is 32.3 Å². The van der Waals surface area contributed by atoms with Gasteiger partial charge in [0.05, 0.1) is 4.75 Å². The van der Waals surface area contributed by atoms with Gasteiger partial charge in [-0.05, 0) is 32.9 Å². The SMILES string of the molecule is Cc1ccc(OC2CCN(C(=O)C3CSC(C)(C)C(=O)N3)CC2)cc1. The van der Waals surface area contributed by atoms with Crippen molar-refractivity contribution in [1.82, 2.24) is 10.2 Å². The zero-order valence-corrected chi connectivity index (χ0v) is 15.9. The maximum absolute atomic E-state index is 12.7. The molecule has 1 N–H and O–H groups in total. The number of thioether (sulfide) groups is 1. The number of benzene rings is 1. The maximum atomic E-state index is 12.7. The third-order valence-electron chi connectivity index (χ3n) is 4.84. The van der Waals surface area contributed by atoms with Crippen LogP contribution in [0.15, 0.2) is 24.3 Å². The summed E-state index contributed by atoms with van der Waals surface area (Å²) in [6, 6.07) is 7.66. The molecular formula is C19H26N2O3S. The van der Waals surface area contributed by atoms with Crippen molar-refractivity contribution >= 4 is 23.6 Å². The van der Waals surface area contributed by atoms with Crippen molar-refractivity contribution in [2.24, 2.45) is 0 Å². The summed E-state index contributed by atoms with van der Waals surface area (Å²) in [4.78, 5) is 26.6. The van der Waals surface area contributed by atoms with Gasteiger partial charge in [-0.15, -0.1) is 11.8 Å². The minimum atomic E-state index is -0.453. The van der Waals surface area contributed by atoms with Gasteiger partial charge in [0, 0.05) is 31.7 Å². The highest BCUT2D eigenvalue weighted by Gasteiger charge is 2.39. The molecule has 136 valence electrons. The number of carbonyl (C=O) groups is 2. The van der Waals surface area contributed by atoms with Crippen LogP contribution in [-0.4, -0.2) is 52.4 Å². The summed E-state index contributed by atoms with van der Waals surface area (Å²) in [6.45, 7) is 7.19. The van der Waals surface area contributed by atoms with E-state index in [2.05, 4.69) is 12.2 Å². The molecule has 1 unspecified atom stereocenters. The highest BCUT2D eigenvalue weighted by atomic mass is 32.2. The Hall–Kier alpha value is -1.69. The molecular weight excluding hydrogens is 336 g/mol. The van der Waals surface area contributed by atoms with Crippen LogP contribution in [0.3, 0.4) is 0 Å². The molecule has 1 aromatic rings. The molecule has 0 spiro atoms. The van der Waals surface area contributed by atoms with Gasteiger partial charge in [-0.2, -0.15) is 0 Å². The van der Waals surface area contributed by atoms with E-state index in [-0.39, 0.29) is 17.9 Å². The Balaban J connectivity index is 1.49. The number of aryl methyl sites for hydroxylation is 1. The molecule has 25 heavy (non-hydrogen) atoms. The lowest BCUT2D eigenvalue weighted by Gasteiger charge is -2.38. The lowest BCUT2D eigenvalue weighted by molar-refractivity contribution is -0.138. The second kappa shape index (κ2) is 7.28. The summed E-state index contributed by atoms with van der Waals surface area (Å²) in [5, 5.41) is 2.88. The number of hydrogen-bond acceptors (Lipinski definition) is 4. The number of nitrogens with zero attached hydrogens (tertiary/aromatic N) is 1. The molecule has 3 rings (SSSR count). The fraction of sp³-hybridized carbons (Fsp3) is 0.579. The van der Waals surface area contributed by atoms with E-state index in [9.17, 15) is 9.59 Å².